The minimum absolute atomic E-state index is 0. The Morgan fingerprint density at radius 2 is 2.11 bits per heavy atom. The van der Waals surface area contributed by atoms with Crippen LogP contribution in [-0.2, 0) is 0 Å². The first-order valence-electron chi connectivity index (χ1n) is 9.20. The fraction of sp³-hybridized carbons (Fsp3) is 0.474. The van der Waals surface area contributed by atoms with E-state index < -0.39 is 17.2 Å². The van der Waals surface area contributed by atoms with Crippen LogP contribution in [0.5, 0.6) is 5.75 Å². The molecule has 2 aliphatic rings. The number of hydrogen-bond donors (Lipinski definition) is 2. The molecule has 0 radical (unpaired) electrons. The summed E-state index contributed by atoms with van der Waals surface area (Å²) in [5.41, 5.74) is 5.70. The van der Waals surface area contributed by atoms with Gasteiger partial charge in [0.2, 0.25) is 5.43 Å². The highest BCUT2D eigenvalue weighted by atomic mass is 35.5. The molecule has 152 valence electrons. The topological polar surface area (TPSA) is 97.8 Å². The molecule has 0 spiro atoms. The van der Waals surface area contributed by atoms with Crippen molar-refractivity contribution in [3.8, 4) is 5.75 Å². The van der Waals surface area contributed by atoms with Gasteiger partial charge in [0.05, 0.1) is 17.5 Å². The predicted molar refractivity (Wildman–Crippen MR) is 107 cm³/mol. The summed E-state index contributed by atoms with van der Waals surface area (Å²) in [4.78, 5) is 26.1. The molecule has 1 aromatic carbocycles. The molecule has 0 bridgehead atoms. The summed E-state index contributed by atoms with van der Waals surface area (Å²) in [6.45, 7) is 3.19. The number of carboxylic acid groups (broad SMARTS) is 1. The molecule has 3 N–H and O–H groups in total. The van der Waals surface area contributed by atoms with Gasteiger partial charge in [-0.1, -0.05) is 0 Å². The van der Waals surface area contributed by atoms with Crippen LogP contribution < -0.4 is 20.8 Å². The van der Waals surface area contributed by atoms with E-state index in [9.17, 15) is 14.7 Å². The standard InChI is InChI=1S/C19H22FN3O4.ClH/c1-2-27-18-15-12(7-14(20)16(18)22-6-5-10(21)8-22)17(24)13(19(25)26)9-23(15)11-3-4-11;/h7,9-11H,2-6,8,21H2,1H3,(H,25,26);1H/t10-;/m0./s1. The van der Waals surface area contributed by atoms with E-state index in [0.29, 0.717) is 36.6 Å². The fourth-order valence-corrected chi connectivity index (χ4v) is 3.80. The van der Waals surface area contributed by atoms with Gasteiger partial charge in [0, 0.05) is 31.4 Å². The van der Waals surface area contributed by atoms with Gasteiger partial charge in [0.15, 0.2) is 11.6 Å². The summed E-state index contributed by atoms with van der Waals surface area (Å²) < 4.78 is 22.7. The van der Waals surface area contributed by atoms with Crippen molar-refractivity contribution in [2.75, 3.05) is 24.6 Å². The van der Waals surface area contributed by atoms with Crippen LogP contribution in [0.2, 0.25) is 0 Å². The molecule has 1 saturated heterocycles. The first kappa shape index (κ1) is 20.4. The van der Waals surface area contributed by atoms with Gasteiger partial charge < -0.3 is 25.0 Å². The smallest absolute Gasteiger partial charge is 0.341 e. The second-order valence-electron chi connectivity index (χ2n) is 7.18. The van der Waals surface area contributed by atoms with Crippen LogP contribution in [0, 0.1) is 5.82 Å². The Bertz CT molecular complexity index is 990. The van der Waals surface area contributed by atoms with Gasteiger partial charge in [-0.3, -0.25) is 4.79 Å². The number of aromatic carboxylic acids is 1. The van der Waals surface area contributed by atoms with Crippen LogP contribution >= 0.6 is 12.4 Å². The van der Waals surface area contributed by atoms with Crippen LogP contribution in [0.1, 0.15) is 42.6 Å². The van der Waals surface area contributed by atoms with E-state index >= 15 is 4.39 Å². The largest absolute Gasteiger partial charge is 0.489 e. The Kier molecular flexibility index (Phi) is 5.54. The van der Waals surface area contributed by atoms with E-state index in [1.165, 1.54) is 6.20 Å². The van der Waals surface area contributed by atoms with Gasteiger partial charge in [0.1, 0.15) is 11.3 Å². The highest BCUT2D eigenvalue weighted by Gasteiger charge is 2.32. The van der Waals surface area contributed by atoms with Gasteiger partial charge in [-0.25, -0.2) is 9.18 Å². The number of nitrogens with zero attached hydrogens (tertiary/aromatic N) is 2. The molecule has 2 aromatic rings. The number of fused-ring (bicyclic) bond motifs is 1. The van der Waals surface area contributed by atoms with Crippen LogP contribution in [0.25, 0.3) is 10.9 Å². The molecule has 0 amide bonds. The highest BCUT2D eigenvalue weighted by molar-refractivity contribution is 5.97. The van der Waals surface area contributed by atoms with Gasteiger partial charge >= 0.3 is 5.97 Å². The number of hydrogen-bond acceptors (Lipinski definition) is 5. The highest BCUT2D eigenvalue weighted by Crippen LogP contribution is 2.44. The molecular formula is C19H23ClFN3O4. The van der Waals surface area contributed by atoms with Gasteiger partial charge in [-0.2, -0.15) is 0 Å². The first-order valence-corrected chi connectivity index (χ1v) is 9.20. The molecule has 0 unspecified atom stereocenters. The number of ether oxygens (including phenoxy) is 1. The molecule has 1 saturated carbocycles. The quantitative estimate of drug-likeness (QED) is 0.784. The van der Waals surface area contributed by atoms with E-state index in [0.717, 1.165) is 25.3 Å². The van der Waals surface area contributed by atoms with Crippen molar-refractivity contribution >= 4 is 35.0 Å². The summed E-state index contributed by atoms with van der Waals surface area (Å²) in [5, 5.41) is 9.43. The lowest BCUT2D eigenvalue weighted by atomic mass is 10.1. The predicted octanol–water partition coefficient (Wildman–Crippen LogP) is 2.53. The maximum Gasteiger partial charge on any atom is 0.341 e. The average Bonchev–Trinajstić information content (AvgIpc) is 3.37. The molecule has 1 aliphatic carbocycles. The van der Waals surface area contributed by atoms with E-state index in [1.807, 2.05) is 4.90 Å². The third-order valence-electron chi connectivity index (χ3n) is 5.20. The van der Waals surface area contributed by atoms with E-state index in [1.54, 1.807) is 11.5 Å². The summed E-state index contributed by atoms with van der Waals surface area (Å²) in [6, 6.07) is 1.18. The van der Waals surface area contributed by atoms with Crippen LogP contribution in [-0.4, -0.2) is 41.4 Å². The molecule has 7 nitrogen and oxygen atoms in total. The van der Waals surface area contributed by atoms with Gasteiger partial charge in [0.25, 0.3) is 0 Å². The maximum atomic E-state index is 15.1. The Morgan fingerprint density at radius 1 is 1.39 bits per heavy atom. The number of rotatable bonds is 5. The number of carbonyl (C=O) groups is 1. The third-order valence-corrected chi connectivity index (χ3v) is 5.20. The lowest BCUT2D eigenvalue weighted by Gasteiger charge is -2.25. The lowest BCUT2D eigenvalue weighted by Crippen LogP contribution is -2.28. The monoisotopic (exact) mass is 411 g/mol. The molecule has 28 heavy (non-hydrogen) atoms. The Morgan fingerprint density at radius 3 is 2.64 bits per heavy atom. The number of anilines is 1. The van der Waals surface area contributed by atoms with E-state index in [4.69, 9.17) is 10.5 Å². The van der Waals surface area contributed by atoms with Crippen molar-refractivity contribution in [2.45, 2.75) is 38.3 Å². The fourth-order valence-electron chi connectivity index (χ4n) is 3.80. The molecule has 9 heteroatoms. The zero-order valence-corrected chi connectivity index (χ0v) is 16.3. The van der Waals surface area contributed by atoms with Crippen molar-refractivity contribution in [3.05, 3.63) is 33.9 Å². The number of aromatic nitrogens is 1. The molecular weight excluding hydrogens is 389 g/mol. The zero-order chi connectivity index (χ0) is 19.3. The Hall–Kier alpha value is -2.32. The normalized spacial score (nSPS) is 19.0. The summed E-state index contributed by atoms with van der Waals surface area (Å²) in [6.07, 6.45) is 3.87. The number of benzene rings is 1. The Labute approximate surface area is 167 Å². The summed E-state index contributed by atoms with van der Waals surface area (Å²) >= 11 is 0. The minimum Gasteiger partial charge on any atom is -0.489 e. The second-order valence-corrected chi connectivity index (χ2v) is 7.18. The molecule has 1 aromatic heterocycles. The third kappa shape index (κ3) is 3.31. The van der Waals surface area contributed by atoms with E-state index in [-0.39, 0.29) is 35.4 Å². The van der Waals surface area contributed by atoms with Crippen LogP contribution in [0.4, 0.5) is 10.1 Å². The Balaban J connectivity index is 0.00000225. The summed E-state index contributed by atoms with van der Waals surface area (Å²) in [7, 11) is 0. The maximum absolute atomic E-state index is 15.1. The zero-order valence-electron chi connectivity index (χ0n) is 15.5. The molecule has 4 rings (SSSR count). The average molecular weight is 412 g/mol. The van der Waals surface area contributed by atoms with Gasteiger partial charge in [-0.05, 0) is 32.3 Å². The van der Waals surface area contributed by atoms with Crippen molar-refractivity contribution in [1.82, 2.24) is 4.57 Å². The SMILES string of the molecule is CCOc1c(N2CC[C@H](N)C2)c(F)cc2c(=O)c(C(=O)O)cn(C3CC3)c12.Cl. The first-order chi connectivity index (χ1) is 12.9. The second kappa shape index (κ2) is 7.60. The number of nitrogens with two attached hydrogens (primary N) is 1. The number of pyridine rings is 1. The number of carboxylic acids is 1. The molecule has 2 heterocycles. The van der Waals surface area contributed by atoms with Crippen molar-refractivity contribution in [1.29, 1.82) is 0 Å². The van der Waals surface area contributed by atoms with Crippen LogP contribution in [0.15, 0.2) is 17.1 Å². The molecule has 1 aliphatic heterocycles. The lowest BCUT2D eigenvalue weighted by molar-refractivity contribution is 0.0695. The number of halogens is 2. The molecule has 2 fully saturated rings. The van der Waals surface area contributed by atoms with Crippen LogP contribution in [0.3, 0.4) is 0 Å². The van der Waals surface area contributed by atoms with E-state index in [2.05, 4.69) is 0 Å². The van der Waals surface area contributed by atoms with Gasteiger partial charge in [-0.15, -0.1) is 12.4 Å². The van der Waals surface area contributed by atoms with Crippen molar-refractivity contribution in [3.63, 3.8) is 0 Å². The van der Waals surface area contributed by atoms with Crippen molar-refractivity contribution < 1.29 is 19.0 Å². The summed E-state index contributed by atoms with van der Waals surface area (Å²) in [5.74, 6) is -1.62. The molecule has 1 atom stereocenters. The minimum atomic E-state index is -1.32. The van der Waals surface area contributed by atoms with Crippen molar-refractivity contribution in [2.24, 2.45) is 5.73 Å².